The molecular formula is C11H15IN2O2. The number of amides is 1. The lowest BCUT2D eigenvalue weighted by molar-refractivity contribution is 0.106. The van der Waals surface area contributed by atoms with Crippen molar-refractivity contribution in [2.75, 3.05) is 5.73 Å². The molecule has 0 aliphatic heterocycles. The van der Waals surface area contributed by atoms with E-state index >= 15 is 0 Å². The van der Waals surface area contributed by atoms with E-state index in [1.165, 1.54) is 0 Å². The Labute approximate surface area is 109 Å². The van der Waals surface area contributed by atoms with E-state index in [4.69, 9.17) is 10.5 Å². The zero-order valence-electron chi connectivity index (χ0n) is 9.29. The van der Waals surface area contributed by atoms with Crippen LogP contribution in [-0.4, -0.2) is 9.70 Å². The predicted octanol–water partition coefficient (Wildman–Crippen LogP) is 2.67. The molecule has 1 rings (SSSR count). The van der Waals surface area contributed by atoms with E-state index in [1.54, 1.807) is 6.07 Å². The molecule has 4 nitrogen and oxygen atoms in total. The zero-order valence-corrected chi connectivity index (χ0v) is 11.4. The van der Waals surface area contributed by atoms with Gasteiger partial charge in [0.25, 0.3) is 0 Å². The molecule has 88 valence electrons. The number of hydrogen-bond acceptors (Lipinski definition) is 3. The van der Waals surface area contributed by atoms with Crippen molar-refractivity contribution < 1.29 is 9.53 Å². The molecule has 0 fully saturated rings. The predicted molar refractivity (Wildman–Crippen MR) is 72.3 cm³/mol. The summed E-state index contributed by atoms with van der Waals surface area (Å²) in [6.45, 7) is 3.99. The zero-order chi connectivity index (χ0) is 12.2. The number of anilines is 1. The average molecular weight is 334 g/mol. The van der Waals surface area contributed by atoms with Gasteiger partial charge in [-0.1, -0.05) is 18.2 Å². The Hall–Kier alpha value is -0.980. The fourth-order valence-electron chi connectivity index (χ4n) is 1.12. The molecule has 0 aliphatic carbocycles. The summed E-state index contributed by atoms with van der Waals surface area (Å²) in [6.07, 6.45) is -0.442. The number of rotatable bonds is 3. The van der Waals surface area contributed by atoms with Crippen LogP contribution < -0.4 is 11.1 Å². The van der Waals surface area contributed by atoms with Crippen molar-refractivity contribution in [1.29, 1.82) is 0 Å². The molecule has 1 amide bonds. The average Bonchev–Trinajstić information content (AvgIpc) is 2.14. The Morgan fingerprint density at radius 3 is 2.69 bits per heavy atom. The number of benzene rings is 1. The standard InChI is InChI=1S/C11H15IN2O2/c1-11(2,12)16-10(15)14-7-8-5-3-4-6-9(8)13/h3-6H,7,13H2,1-2H3,(H,14,15). The number of nitrogen functional groups attached to an aromatic ring is 1. The highest BCUT2D eigenvalue weighted by Gasteiger charge is 2.17. The van der Waals surface area contributed by atoms with Gasteiger partial charge in [0, 0.05) is 12.2 Å². The van der Waals surface area contributed by atoms with Crippen LogP contribution in [0.25, 0.3) is 0 Å². The third-order valence-corrected chi connectivity index (χ3v) is 2.03. The molecule has 0 aliphatic rings. The fraction of sp³-hybridized carbons (Fsp3) is 0.364. The van der Waals surface area contributed by atoms with Crippen LogP contribution >= 0.6 is 22.6 Å². The van der Waals surface area contributed by atoms with Gasteiger partial charge in [0.1, 0.15) is 0 Å². The van der Waals surface area contributed by atoms with E-state index in [9.17, 15) is 4.79 Å². The number of hydrogen-bond donors (Lipinski definition) is 2. The second-order valence-corrected chi connectivity index (χ2v) is 6.40. The van der Waals surface area contributed by atoms with Crippen molar-refractivity contribution in [2.24, 2.45) is 0 Å². The number of para-hydroxylation sites is 1. The van der Waals surface area contributed by atoms with Gasteiger partial charge in [-0.05, 0) is 48.1 Å². The molecule has 1 aromatic carbocycles. The van der Waals surface area contributed by atoms with Crippen molar-refractivity contribution >= 4 is 34.4 Å². The van der Waals surface area contributed by atoms with Crippen molar-refractivity contribution in [3.05, 3.63) is 29.8 Å². The highest BCUT2D eigenvalue weighted by Crippen LogP contribution is 2.18. The number of halogens is 1. The highest BCUT2D eigenvalue weighted by molar-refractivity contribution is 14.1. The van der Waals surface area contributed by atoms with Crippen LogP contribution in [0, 0.1) is 0 Å². The van der Waals surface area contributed by atoms with E-state index in [0.29, 0.717) is 12.2 Å². The van der Waals surface area contributed by atoms with Crippen LogP contribution in [0.4, 0.5) is 10.5 Å². The van der Waals surface area contributed by atoms with Crippen molar-refractivity contribution in [3.63, 3.8) is 0 Å². The first kappa shape index (κ1) is 13.1. The lowest BCUT2D eigenvalue weighted by Gasteiger charge is -2.18. The Morgan fingerprint density at radius 1 is 1.50 bits per heavy atom. The number of carbonyl (C=O) groups excluding carboxylic acids is 1. The summed E-state index contributed by atoms with van der Waals surface area (Å²) in [5.74, 6) is 0. The molecule has 16 heavy (non-hydrogen) atoms. The smallest absolute Gasteiger partial charge is 0.408 e. The Balaban J connectivity index is 2.47. The summed E-state index contributed by atoms with van der Waals surface area (Å²) in [5.41, 5.74) is 7.28. The van der Waals surface area contributed by atoms with Gasteiger partial charge in [0.15, 0.2) is 3.61 Å². The SMILES string of the molecule is CC(C)(I)OC(=O)NCc1ccccc1N. The van der Waals surface area contributed by atoms with Gasteiger partial charge in [-0.2, -0.15) is 0 Å². The number of alkyl carbamates (subject to hydrolysis) is 1. The quantitative estimate of drug-likeness (QED) is 0.507. The lowest BCUT2D eigenvalue weighted by Crippen LogP contribution is -2.30. The first-order valence-corrected chi connectivity index (χ1v) is 5.95. The molecule has 1 aromatic rings. The molecule has 5 heteroatoms. The minimum absolute atomic E-state index is 0.373. The van der Waals surface area contributed by atoms with Crippen molar-refractivity contribution in [1.82, 2.24) is 5.32 Å². The first-order valence-electron chi connectivity index (χ1n) is 4.87. The summed E-state index contributed by atoms with van der Waals surface area (Å²) in [7, 11) is 0. The summed E-state index contributed by atoms with van der Waals surface area (Å²) in [4.78, 5) is 11.4. The largest absolute Gasteiger partial charge is 0.433 e. The summed E-state index contributed by atoms with van der Waals surface area (Å²) in [6, 6.07) is 7.39. The molecule has 0 atom stereocenters. The molecular weight excluding hydrogens is 319 g/mol. The second-order valence-electron chi connectivity index (χ2n) is 3.81. The molecule has 0 aromatic heterocycles. The maximum Gasteiger partial charge on any atom is 0.408 e. The van der Waals surface area contributed by atoms with E-state index in [2.05, 4.69) is 5.32 Å². The van der Waals surface area contributed by atoms with Crippen LogP contribution in [0.3, 0.4) is 0 Å². The van der Waals surface area contributed by atoms with E-state index in [1.807, 2.05) is 54.6 Å². The van der Waals surface area contributed by atoms with Gasteiger partial charge >= 0.3 is 6.09 Å². The molecule has 0 saturated heterocycles. The molecule has 0 spiro atoms. The highest BCUT2D eigenvalue weighted by atomic mass is 127. The van der Waals surface area contributed by atoms with Crippen LogP contribution in [0.2, 0.25) is 0 Å². The lowest BCUT2D eigenvalue weighted by atomic mass is 10.2. The maximum absolute atomic E-state index is 11.4. The molecule has 0 heterocycles. The van der Waals surface area contributed by atoms with Crippen molar-refractivity contribution in [2.45, 2.75) is 24.0 Å². The van der Waals surface area contributed by atoms with Crippen LogP contribution in [-0.2, 0) is 11.3 Å². The molecule has 3 N–H and O–H groups in total. The van der Waals surface area contributed by atoms with E-state index in [0.717, 1.165) is 5.56 Å². The van der Waals surface area contributed by atoms with Gasteiger partial charge < -0.3 is 15.8 Å². The Morgan fingerprint density at radius 2 is 2.12 bits per heavy atom. The van der Waals surface area contributed by atoms with Gasteiger partial charge in [0.2, 0.25) is 0 Å². The summed E-state index contributed by atoms with van der Waals surface area (Å²) >= 11 is 2.05. The van der Waals surface area contributed by atoms with Crippen molar-refractivity contribution in [3.8, 4) is 0 Å². The molecule has 0 saturated carbocycles. The molecule has 0 bridgehead atoms. The normalized spacial score (nSPS) is 10.9. The second kappa shape index (κ2) is 5.38. The molecule has 0 unspecified atom stereocenters. The van der Waals surface area contributed by atoms with E-state index < -0.39 is 9.70 Å². The number of alkyl halides is 1. The first-order chi connectivity index (χ1) is 7.38. The van der Waals surface area contributed by atoms with Gasteiger partial charge in [-0.3, -0.25) is 0 Å². The third-order valence-electron chi connectivity index (χ3n) is 1.81. The van der Waals surface area contributed by atoms with Crippen LogP contribution in [0.5, 0.6) is 0 Å². The minimum atomic E-state index is -0.510. The third kappa shape index (κ3) is 4.69. The number of nitrogens with one attached hydrogen (secondary N) is 1. The monoisotopic (exact) mass is 334 g/mol. The maximum atomic E-state index is 11.4. The number of nitrogens with two attached hydrogens (primary N) is 1. The van der Waals surface area contributed by atoms with Gasteiger partial charge in [0.05, 0.1) is 0 Å². The van der Waals surface area contributed by atoms with Gasteiger partial charge in [-0.15, -0.1) is 0 Å². The minimum Gasteiger partial charge on any atom is -0.433 e. The Kier molecular flexibility index (Phi) is 4.40. The Bertz CT molecular complexity index is 374. The number of ether oxygens (including phenoxy) is 1. The fourth-order valence-corrected chi connectivity index (χ4v) is 1.32. The topological polar surface area (TPSA) is 64.3 Å². The number of carbonyl (C=O) groups is 1. The molecule has 0 radical (unpaired) electrons. The summed E-state index contributed by atoms with van der Waals surface area (Å²) in [5, 5.41) is 2.65. The van der Waals surface area contributed by atoms with E-state index in [-0.39, 0.29) is 0 Å². The summed E-state index contributed by atoms with van der Waals surface area (Å²) < 4.78 is 4.59. The van der Waals surface area contributed by atoms with Crippen LogP contribution in [0.1, 0.15) is 19.4 Å². The van der Waals surface area contributed by atoms with Gasteiger partial charge in [-0.25, -0.2) is 4.79 Å². The van der Waals surface area contributed by atoms with Crippen LogP contribution in [0.15, 0.2) is 24.3 Å².